The molecule has 1 fully saturated rings. The number of hydrogen-bond acceptors (Lipinski definition) is 3. The molecule has 0 aromatic heterocycles. The van der Waals surface area contributed by atoms with Crippen LogP contribution in [0.5, 0.6) is 0 Å². The van der Waals surface area contributed by atoms with E-state index in [9.17, 15) is 14.2 Å². The first-order chi connectivity index (χ1) is 15.0. The third-order valence-corrected chi connectivity index (χ3v) is 9.63. The van der Waals surface area contributed by atoms with Crippen LogP contribution in [0.4, 0.5) is 0 Å². The molecule has 0 saturated heterocycles. The Morgan fingerprint density at radius 1 is 1.06 bits per heavy atom. The van der Waals surface area contributed by atoms with Crippen LogP contribution in [-0.4, -0.2) is 17.1 Å². The third kappa shape index (κ3) is 6.29. The van der Waals surface area contributed by atoms with Crippen molar-refractivity contribution in [2.75, 3.05) is 0 Å². The molecule has 2 rings (SSSR count). The Morgan fingerprint density at radius 3 is 2.16 bits per heavy atom. The van der Waals surface area contributed by atoms with Crippen molar-refractivity contribution in [3.63, 3.8) is 0 Å². The number of nitrogens with one attached hydrogen (secondary N) is 1. The maximum Gasteiger partial charge on any atom is 0.278 e. The summed E-state index contributed by atoms with van der Waals surface area (Å²) in [5.74, 6) is 0.588. The lowest BCUT2D eigenvalue weighted by Gasteiger charge is -2.29. The lowest BCUT2D eigenvalue weighted by atomic mass is 9.83. The first-order valence-electron chi connectivity index (χ1n) is 12.2. The number of carbonyl (C=O) groups is 2. The van der Waals surface area contributed by atoms with Crippen LogP contribution in [0.25, 0.3) is 0 Å². The van der Waals surface area contributed by atoms with Gasteiger partial charge in [-0.15, -0.1) is 0 Å². The van der Waals surface area contributed by atoms with E-state index in [2.05, 4.69) is 25.0 Å². The van der Waals surface area contributed by atoms with Crippen LogP contribution in [0, 0.1) is 38.5 Å². The summed E-state index contributed by atoms with van der Waals surface area (Å²) in [5, 5.41) is 3.14. The van der Waals surface area contributed by atoms with Crippen LogP contribution in [0.1, 0.15) is 93.3 Å². The fourth-order valence-corrected chi connectivity index (χ4v) is 7.47. The second-order valence-corrected chi connectivity index (χ2v) is 12.4. The van der Waals surface area contributed by atoms with Gasteiger partial charge in [0.05, 0.1) is 0 Å². The van der Waals surface area contributed by atoms with Gasteiger partial charge in [-0.25, -0.2) is 0 Å². The van der Waals surface area contributed by atoms with E-state index >= 15 is 0 Å². The van der Waals surface area contributed by atoms with Gasteiger partial charge in [-0.05, 0) is 69.4 Å². The minimum atomic E-state index is -3.95. The second kappa shape index (κ2) is 11.6. The van der Waals surface area contributed by atoms with E-state index in [1.54, 1.807) is 0 Å². The van der Waals surface area contributed by atoms with Crippen molar-refractivity contribution < 1.29 is 14.2 Å². The Labute approximate surface area is 195 Å². The van der Waals surface area contributed by atoms with Crippen molar-refractivity contribution in [3.8, 4) is 0 Å². The molecule has 4 atom stereocenters. The van der Waals surface area contributed by atoms with Gasteiger partial charge in [-0.1, -0.05) is 69.9 Å². The van der Waals surface area contributed by atoms with Gasteiger partial charge in [0, 0.05) is 18.0 Å². The van der Waals surface area contributed by atoms with Gasteiger partial charge in [-0.2, -0.15) is 0 Å². The topological polar surface area (TPSA) is 63.2 Å². The molecule has 0 heterocycles. The number of aryl methyl sites for hydroxylation is 3. The molecule has 0 amide bonds. The van der Waals surface area contributed by atoms with E-state index in [1.165, 1.54) is 0 Å². The fourth-order valence-electron chi connectivity index (χ4n) is 4.99. The summed E-state index contributed by atoms with van der Waals surface area (Å²) in [5.41, 5.74) is 2.14. The van der Waals surface area contributed by atoms with Crippen molar-refractivity contribution in [2.24, 2.45) is 17.8 Å². The zero-order valence-electron chi connectivity index (χ0n) is 21.0. The van der Waals surface area contributed by atoms with Gasteiger partial charge in [0.15, 0.2) is 0 Å². The highest BCUT2D eigenvalue weighted by Gasteiger charge is 2.43. The van der Waals surface area contributed by atoms with Crippen molar-refractivity contribution in [2.45, 2.75) is 93.0 Å². The van der Waals surface area contributed by atoms with Crippen molar-refractivity contribution in [1.82, 2.24) is 5.09 Å². The molecule has 1 aromatic carbocycles. The smallest absolute Gasteiger partial charge is 0.278 e. The molecule has 1 saturated carbocycles. The first kappa shape index (κ1) is 26.7. The summed E-state index contributed by atoms with van der Waals surface area (Å²) in [7, 11) is -3.95. The molecule has 0 aliphatic heterocycles. The highest BCUT2D eigenvalue weighted by atomic mass is 31.2. The molecule has 0 spiro atoms. The summed E-state index contributed by atoms with van der Waals surface area (Å²) in [4.78, 5) is 27.3. The quantitative estimate of drug-likeness (QED) is 0.293. The summed E-state index contributed by atoms with van der Waals surface area (Å²) < 4.78 is 14.3. The number of hydrogen-bond donors (Lipinski definition) is 1. The largest absolute Gasteiger partial charge is 0.290 e. The summed E-state index contributed by atoms with van der Waals surface area (Å²) in [6, 6.07) is 3.82. The molecule has 0 radical (unpaired) electrons. The Morgan fingerprint density at radius 2 is 1.62 bits per heavy atom. The lowest BCUT2D eigenvalue weighted by molar-refractivity contribution is -0.113. The highest BCUT2D eigenvalue weighted by Crippen LogP contribution is 2.50. The molecule has 4 nitrogen and oxygen atoms in total. The van der Waals surface area contributed by atoms with Gasteiger partial charge in [0.1, 0.15) is 0 Å². The van der Waals surface area contributed by atoms with Gasteiger partial charge < -0.3 is 0 Å². The number of rotatable bonds is 10. The van der Waals surface area contributed by atoms with E-state index in [0.717, 1.165) is 48.8 Å². The maximum atomic E-state index is 14.3. The summed E-state index contributed by atoms with van der Waals surface area (Å²) in [6.45, 7) is 14.0. The van der Waals surface area contributed by atoms with Crippen LogP contribution in [0.2, 0.25) is 0 Å². The van der Waals surface area contributed by atoms with Crippen LogP contribution in [-0.2, 0) is 9.36 Å². The number of allylic oxidation sites excluding steroid dienone is 2. The van der Waals surface area contributed by atoms with Crippen molar-refractivity contribution >= 4 is 18.3 Å². The molecule has 5 heteroatoms. The normalized spacial score (nSPS) is 20.0. The second-order valence-electron chi connectivity index (χ2n) is 9.97. The fraction of sp³-hybridized carbons (Fsp3) is 0.630. The van der Waals surface area contributed by atoms with Crippen LogP contribution < -0.4 is 5.09 Å². The summed E-state index contributed by atoms with van der Waals surface area (Å²) in [6.07, 6.45) is 9.26. The number of carbonyl (C=O) groups excluding carboxylic acids is 2. The average molecular weight is 460 g/mol. The van der Waals surface area contributed by atoms with E-state index in [0.29, 0.717) is 11.5 Å². The van der Waals surface area contributed by atoms with Gasteiger partial charge in [-0.3, -0.25) is 19.2 Å². The standard InChI is InChI=1S/C27H42NO3P/c1-8-12-19(3)23(7)20(4)17-25(29)32(31,28-24-13-10-9-11-14-24)27(30)26-21(5)15-18(2)16-22(26)6/h8,12,15-16,19-20,23-24H,9-11,13-14,17H2,1-7H3,(H,28,31). The zero-order chi connectivity index (χ0) is 24.1. The molecular weight excluding hydrogens is 417 g/mol. The van der Waals surface area contributed by atoms with E-state index < -0.39 is 18.3 Å². The zero-order valence-corrected chi connectivity index (χ0v) is 21.9. The maximum absolute atomic E-state index is 14.3. The van der Waals surface area contributed by atoms with Gasteiger partial charge >= 0.3 is 0 Å². The monoisotopic (exact) mass is 459 g/mol. The average Bonchev–Trinajstić information content (AvgIpc) is 2.73. The van der Waals surface area contributed by atoms with Crippen LogP contribution >= 0.6 is 7.29 Å². The summed E-state index contributed by atoms with van der Waals surface area (Å²) >= 11 is 0. The Bertz CT molecular complexity index is 875. The van der Waals surface area contributed by atoms with E-state index in [-0.39, 0.29) is 24.3 Å². The Kier molecular flexibility index (Phi) is 9.67. The predicted molar refractivity (Wildman–Crippen MR) is 135 cm³/mol. The van der Waals surface area contributed by atoms with E-state index in [4.69, 9.17) is 0 Å². The van der Waals surface area contributed by atoms with Crippen LogP contribution in [0.3, 0.4) is 0 Å². The van der Waals surface area contributed by atoms with Gasteiger partial charge in [0.25, 0.3) is 7.29 Å². The lowest BCUT2D eigenvalue weighted by Crippen LogP contribution is -2.35. The molecule has 1 aliphatic rings. The minimum Gasteiger partial charge on any atom is -0.290 e. The number of benzene rings is 1. The molecule has 4 unspecified atom stereocenters. The minimum absolute atomic E-state index is 0.0307. The van der Waals surface area contributed by atoms with Crippen molar-refractivity contribution in [3.05, 3.63) is 46.5 Å². The molecule has 1 aromatic rings. The molecule has 0 bridgehead atoms. The van der Waals surface area contributed by atoms with Gasteiger partial charge in [0.2, 0.25) is 11.0 Å². The predicted octanol–water partition coefficient (Wildman–Crippen LogP) is 7.35. The SMILES string of the molecule is CC=CC(C)C(C)C(C)CC(=O)P(=O)(NC1CCCCC1)C(=O)c1c(C)cc(C)cc1C. The highest BCUT2D eigenvalue weighted by molar-refractivity contribution is 7.93. The molecule has 1 aliphatic carbocycles. The molecule has 178 valence electrons. The molecule has 1 N–H and O–H groups in total. The first-order valence-corrected chi connectivity index (χ1v) is 13.9. The Balaban J connectivity index is 2.39. The molecule has 32 heavy (non-hydrogen) atoms. The Hall–Kier alpha value is -1.51. The van der Waals surface area contributed by atoms with Crippen LogP contribution in [0.15, 0.2) is 24.3 Å². The van der Waals surface area contributed by atoms with E-state index in [1.807, 2.05) is 52.8 Å². The third-order valence-electron chi connectivity index (χ3n) is 7.22. The molecular formula is C27H42NO3P. The van der Waals surface area contributed by atoms with Crippen molar-refractivity contribution in [1.29, 1.82) is 0 Å².